The van der Waals surface area contributed by atoms with E-state index in [4.69, 9.17) is 14.7 Å². The molecule has 2 aromatic carbocycles. The zero-order chi connectivity index (χ0) is 17.9. The van der Waals surface area contributed by atoms with Gasteiger partial charge in [-0.25, -0.2) is 0 Å². The molecule has 0 unspecified atom stereocenters. The number of rotatable bonds is 8. The molecule has 2 aromatic rings. The summed E-state index contributed by atoms with van der Waals surface area (Å²) < 4.78 is 10.9. The number of hydrogen-bond acceptors (Lipinski definition) is 4. The second-order valence-electron chi connectivity index (χ2n) is 5.11. The minimum absolute atomic E-state index is 0.195. The Morgan fingerprint density at radius 3 is 2.32 bits per heavy atom. The van der Waals surface area contributed by atoms with Crippen LogP contribution in [0.15, 0.2) is 54.6 Å². The van der Waals surface area contributed by atoms with Gasteiger partial charge in [-0.05, 0) is 55.0 Å². The first-order valence-corrected chi connectivity index (χ1v) is 8.03. The van der Waals surface area contributed by atoms with Gasteiger partial charge in [0.2, 0.25) is 5.91 Å². The van der Waals surface area contributed by atoms with Crippen LogP contribution in [-0.2, 0) is 4.79 Å². The smallest absolute Gasteiger partial charge is 0.244 e. The summed E-state index contributed by atoms with van der Waals surface area (Å²) in [6, 6.07) is 16.4. The third-order valence-electron chi connectivity index (χ3n) is 3.27. The fourth-order valence-corrected chi connectivity index (χ4v) is 2.04. The van der Waals surface area contributed by atoms with Crippen molar-refractivity contribution in [2.24, 2.45) is 0 Å². The second-order valence-corrected chi connectivity index (χ2v) is 5.11. The van der Waals surface area contributed by atoms with E-state index in [0.29, 0.717) is 25.3 Å². The van der Waals surface area contributed by atoms with Gasteiger partial charge in [0.1, 0.15) is 18.1 Å². The molecule has 0 heterocycles. The number of carbonyl (C=O) groups is 1. The first-order chi connectivity index (χ1) is 12.2. The summed E-state index contributed by atoms with van der Waals surface area (Å²) in [7, 11) is 0. The third kappa shape index (κ3) is 6.40. The summed E-state index contributed by atoms with van der Waals surface area (Å²) >= 11 is 0. The Labute approximate surface area is 147 Å². The van der Waals surface area contributed by atoms with Crippen molar-refractivity contribution in [2.45, 2.75) is 6.92 Å². The van der Waals surface area contributed by atoms with Crippen LogP contribution in [0, 0.1) is 11.3 Å². The Kier molecular flexibility index (Phi) is 7.08. The minimum Gasteiger partial charge on any atom is -0.494 e. The summed E-state index contributed by atoms with van der Waals surface area (Å²) in [4.78, 5) is 11.7. The van der Waals surface area contributed by atoms with Crippen LogP contribution in [0.2, 0.25) is 0 Å². The predicted octanol–water partition coefficient (Wildman–Crippen LogP) is 3.17. The Balaban J connectivity index is 1.69. The summed E-state index contributed by atoms with van der Waals surface area (Å²) in [5, 5.41) is 11.5. The standard InChI is InChI=1S/C20H20N2O3/c1-2-24-18-8-10-19(11-9-18)25-14-13-22-20(23)12-7-16-3-5-17(15-21)6-4-16/h3-12H,2,13-14H2,1H3,(H,22,23)/b12-7+. The first-order valence-electron chi connectivity index (χ1n) is 8.03. The van der Waals surface area contributed by atoms with E-state index in [1.165, 1.54) is 6.08 Å². The predicted molar refractivity (Wildman–Crippen MR) is 96.3 cm³/mol. The van der Waals surface area contributed by atoms with E-state index in [1.807, 2.05) is 31.2 Å². The molecule has 0 saturated carbocycles. The average Bonchev–Trinajstić information content (AvgIpc) is 2.65. The van der Waals surface area contributed by atoms with Crippen LogP contribution in [0.3, 0.4) is 0 Å². The third-order valence-corrected chi connectivity index (χ3v) is 3.27. The highest BCUT2D eigenvalue weighted by atomic mass is 16.5. The molecule has 0 aliphatic heterocycles. The summed E-state index contributed by atoms with van der Waals surface area (Å²) in [5.74, 6) is 1.33. The molecule has 0 aliphatic rings. The molecule has 0 fully saturated rings. The van der Waals surface area contributed by atoms with Gasteiger partial charge < -0.3 is 14.8 Å². The van der Waals surface area contributed by atoms with Gasteiger partial charge >= 0.3 is 0 Å². The van der Waals surface area contributed by atoms with Crippen LogP contribution in [0.4, 0.5) is 0 Å². The van der Waals surface area contributed by atoms with E-state index >= 15 is 0 Å². The number of ether oxygens (including phenoxy) is 2. The number of nitrogens with one attached hydrogen (secondary N) is 1. The highest BCUT2D eigenvalue weighted by molar-refractivity contribution is 5.91. The van der Waals surface area contributed by atoms with Crippen molar-refractivity contribution >= 4 is 12.0 Å². The molecule has 1 N–H and O–H groups in total. The van der Waals surface area contributed by atoms with Crippen molar-refractivity contribution in [3.05, 3.63) is 65.7 Å². The molecule has 0 spiro atoms. The molecule has 5 heteroatoms. The number of nitriles is 1. The quantitative estimate of drug-likeness (QED) is 0.594. The lowest BCUT2D eigenvalue weighted by molar-refractivity contribution is -0.116. The van der Waals surface area contributed by atoms with Crippen LogP contribution >= 0.6 is 0 Å². The van der Waals surface area contributed by atoms with E-state index < -0.39 is 0 Å². The van der Waals surface area contributed by atoms with Gasteiger partial charge in [-0.1, -0.05) is 12.1 Å². The Morgan fingerprint density at radius 2 is 1.72 bits per heavy atom. The molecule has 0 aliphatic carbocycles. The van der Waals surface area contributed by atoms with Crippen molar-refractivity contribution < 1.29 is 14.3 Å². The zero-order valence-electron chi connectivity index (χ0n) is 14.1. The summed E-state index contributed by atoms with van der Waals surface area (Å²) in [5.41, 5.74) is 1.45. The number of benzene rings is 2. The molecule has 0 saturated heterocycles. The largest absolute Gasteiger partial charge is 0.494 e. The Bertz CT molecular complexity index is 744. The molecule has 2 rings (SSSR count). The van der Waals surface area contributed by atoms with Crippen molar-refractivity contribution in [1.82, 2.24) is 5.32 Å². The van der Waals surface area contributed by atoms with Crippen molar-refractivity contribution in [3.8, 4) is 17.6 Å². The Morgan fingerprint density at radius 1 is 1.08 bits per heavy atom. The van der Waals surface area contributed by atoms with Gasteiger partial charge in [0.25, 0.3) is 0 Å². The van der Waals surface area contributed by atoms with E-state index in [1.54, 1.807) is 30.3 Å². The van der Waals surface area contributed by atoms with Gasteiger partial charge in [0.05, 0.1) is 24.8 Å². The zero-order valence-corrected chi connectivity index (χ0v) is 14.1. The molecule has 0 atom stereocenters. The van der Waals surface area contributed by atoms with Gasteiger partial charge in [-0.3, -0.25) is 4.79 Å². The van der Waals surface area contributed by atoms with Crippen LogP contribution < -0.4 is 14.8 Å². The van der Waals surface area contributed by atoms with Crippen LogP contribution in [0.5, 0.6) is 11.5 Å². The monoisotopic (exact) mass is 336 g/mol. The van der Waals surface area contributed by atoms with E-state index in [0.717, 1.165) is 17.1 Å². The molecule has 0 bridgehead atoms. The molecule has 5 nitrogen and oxygen atoms in total. The number of carbonyl (C=O) groups excluding carboxylic acids is 1. The second kappa shape index (κ2) is 9.78. The van der Waals surface area contributed by atoms with E-state index in [-0.39, 0.29) is 5.91 Å². The molecule has 25 heavy (non-hydrogen) atoms. The van der Waals surface area contributed by atoms with Gasteiger partial charge in [-0.2, -0.15) is 5.26 Å². The number of hydrogen-bond donors (Lipinski definition) is 1. The Hall–Kier alpha value is -3.26. The molecule has 0 radical (unpaired) electrons. The van der Waals surface area contributed by atoms with Crippen molar-refractivity contribution in [1.29, 1.82) is 5.26 Å². The molecule has 1 amide bonds. The van der Waals surface area contributed by atoms with Crippen molar-refractivity contribution in [3.63, 3.8) is 0 Å². The fourth-order valence-electron chi connectivity index (χ4n) is 2.04. The lowest BCUT2D eigenvalue weighted by atomic mass is 10.1. The summed E-state index contributed by atoms with van der Waals surface area (Å²) in [6.07, 6.45) is 3.15. The average molecular weight is 336 g/mol. The molecular weight excluding hydrogens is 316 g/mol. The lowest BCUT2D eigenvalue weighted by Crippen LogP contribution is -2.26. The molecule has 0 aromatic heterocycles. The fraction of sp³-hybridized carbons (Fsp3) is 0.200. The SMILES string of the molecule is CCOc1ccc(OCCNC(=O)/C=C/c2ccc(C#N)cc2)cc1. The van der Waals surface area contributed by atoms with Crippen LogP contribution in [0.25, 0.3) is 6.08 Å². The first kappa shape index (κ1) is 18.1. The number of amides is 1. The van der Waals surface area contributed by atoms with Gasteiger partial charge in [0.15, 0.2) is 0 Å². The van der Waals surface area contributed by atoms with Gasteiger partial charge in [0, 0.05) is 6.08 Å². The highest BCUT2D eigenvalue weighted by Gasteiger charge is 1.98. The topological polar surface area (TPSA) is 71.3 Å². The van der Waals surface area contributed by atoms with Crippen LogP contribution in [0.1, 0.15) is 18.1 Å². The van der Waals surface area contributed by atoms with E-state index in [2.05, 4.69) is 11.4 Å². The van der Waals surface area contributed by atoms with Crippen molar-refractivity contribution in [2.75, 3.05) is 19.8 Å². The maximum atomic E-state index is 11.7. The summed E-state index contributed by atoms with van der Waals surface area (Å²) in [6.45, 7) is 3.35. The normalized spacial score (nSPS) is 10.2. The van der Waals surface area contributed by atoms with Crippen LogP contribution in [-0.4, -0.2) is 25.7 Å². The maximum Gasteiger partial charge on any atom is 0.244 e. The maximum absolute atomic E-state index is 11.7. The molecular formula is C20H20N2O3. The minimum atomic E-state index is -0.195. The highest BCUT2D eigenvalue weighted by Crippen LogP contribution is 2.17. The number of nitrogens with zero attached hydrogens (tertiary/aromatic N) is 1. The lowest BCUT2D eigenvalue weighted by Gasteiger charge is -2.08. The van der Waals surface area contributed by atoms with Gasteiger partial charge in [-0.15, -0.1) is 0 Å². The molecule has 128 valence electrons. The van der Waals surface area contributed by atoms with E-state index in [9.17, 15) is 4.79 Å².